The van der Waals surface area contributed by atoms with Gasteiger partial charge in [-0.2, -0.15) is 0 Å². The highest BCUT2D eigenvalue weighted by Gasteiger charge is 2.10. The number of nitrogens with two attached hydrogens (primary N) is 2. The van der Waals surface area contributed by atoms with Gasteiger partial charge in [0.05, 0.1) is 12.2 Å². The van der Waals surface area contributed by atoms with Crippen LogP contribution in [0.3, 0.4) is 0 Å². The Hall–Kier alpha value is -1.71. The summed E-state index contributed by atoms with van der Waals surface area (Å²) < 4.78 is 4.94. The zero-order valence-corrected chi connectivity index (χ0v) is 8.12. The van der Waals surface area contributed by atoms with Gasteiger partial charge in [0.15, 0.2) is 0 Å². The molecule has 0 bridgehead atoms. The van der Waals surface area contributed by atoms with E-state index in [0.29, 0.717) is 23.5 Å². The molecule has 4 nitrogen and oxygen atoms in total. The van der Waals surface area contributed by atoms with Crippen molar-refractivity contribution < 1.29 is 9.53 Å². The molecule has 0 saturated heterocycles. The SMILES string of the molecule is CCCOC(=O)c1cc(N)ccc1N. The molecule has 0 radical (unpaired) electrons. The summed E-state index contributed by atoms with van der Waals surface area (Å²) in [5.74, 6) is -0.420. The average Bonchev–Trinajstić information content (AvgIpc) is 2.18. The van der Waals surface area contributed by atoms with Crippen LogP contribution in [0.4, 0.5) is 11.4 Å². The molecule has 0 heterocycles. The quantitative estimate of drug-likeness (QED) is 0.563. The third-order valence-electron chi connectivity index (χ3n) is 1.73. The summed E-state index contributed by atoms with van der Waals surface area (Å²) in [5, 5.41) is 0. The molecule has 0 spiro atoms. The Labute approximate surface area is 82.8 Å². The van der Waals surface area contributed by atoms with Gasteiger partial charge in [0.1, 0.15) is 0 Å². The van der Waals surface area contributed by atoms with Crippen LogP contribution in [0.15, 0.2) is 18.2 Å². The van der Waals surface area contributed by atoms with Crippen LogP contribution in [0.2, 0.25) is 0 Å². The fourth-order valence-corrected chi connectivity index (χ4v) is 1.02. The van der Waals surface area contributed by atoms with Crippen molar-refractivity contribution in [3.05, 3.63) is 23.8 Å². The van der Waals surface area contributed by atoms with Gasteiger partial charge in [0.2, 0.25) is 0 Å². The van der Waals surface area contributed by atoms with E-state index in [2.05, 4.69) is 0 Å². The van der Waals surface area contributed by atoms with Gasteiger partial charge in [-0.3, -0.25) is 0 Å². The molecule has 1 rings (SSSR count). The van der Waals surface area contributed by atoms with Gasteiger partial charge in [-0.1, -0.05) is 6.92 Å². The lowest BCUT2D eigenvalue weighted by molar-refractivity contribution is 0.0506. The van der Waals surface area contributed by atoms with Crippen LogP contribution in [0, 0.1) is 0 Å². The van der Waals surface area contributed by atoms with E-state index < -0.39 is 5.97 Å². The Morgan fingerprint density at radius 2 is 2.14 bits per heavy atom. The lowest BCUT2D eigenvalue weighted by Gasteiger charge is -2.06. The van der Waals surface area contributed by atoms with Crippen LogP contribution in [-0.2, 0) is 4.74 Å². The molecule has 0 atom stereocenters. The van der Waals surface area contributed by atoms with Crippen LogP contribution in [0.5, 0.6) is 0 Å². The average molecular weight is 194 g/mol. The number of carbonyl (C=O) groups is 1. The topological polar surface area (TPSA) is 78.3 Å². The first-order chi connectivity index (χ1) is 6.65. The molecule has 76 valence electrons. The molecule has 1 aromatic carbocycles. The van der Waals surface area contributed by atoms with Gasteiger partial charge >= 0.3 is 5.97 Å². The molecule has 0 aliphatic carbocycles. The molecule has 4 heteroatoms. The first kappa shape index (κ1) is 10.4. The van der Waals surface area contributed by atoms with Gasteiger partial charge in [-0.05, 0) is 24.6 Å². The highest BCUT2D eigenvalue weighted by atomic mass is 16.5. The standard InChI is InChI=1S/C10H14N2O2/c1-2-5-14-10(13)8-6-7(11)3-4-9(8)12/h3-4,6H,2,5,11-12H2,1H3. The summed E-state index contributed by atoms with van der Waals surface area (Å²) in [6.45, 7) is 2.32. The van der Waals surface area contributed by atoms with Gasteiger partial charge in [0.25, 0.3) is 0 Å². The molecule has 0 aromatic heterocycles. The second-order valence-electron chi connectivity index (χ2n) is 2.98. The van der Waals surface area contributed by atoms with Crippen molar-refractivity contribution in [3.8, 4) is 0 Å². The summed E-state index contributed by atoms with van der Waals surface area (Å²) in [4.78, 5) is 11.4. The maximum atomic E-state index is 11.4. The number of rotatable bonds is 3. The predicted octanol–water partition coefficient (Wildman–Crippen LogP) is 1.42. The molecule has 0 amide bonds. The van der Waals surface area contributed by atoms with Crippen molar-refractivity contribution in [3.63, 3.8) is 0 Å². The van der Waals surface area contributed by atoms with Crippen LogP contribution in [0.1, 0.15) is 23.7 Å². The molecular weight excluding hydrogens is 180 g/mol. The first-order valence-electron chi connectivity index (χ1n) is 4.47. The third-order valence-corrected chi connectivity index (χ3v) is 1.73. The van der Waals surface area contributed by atoms with E-state index in [1.165, 1.54) is 6.07 Å². The largest absolute Gasteiger partial charge is 0.462 e. The Morgan fingerprint density at radius 3 is 2.79 bits per heavy atom. The second kappa shape index (κ2) is 4.50. The highest BCUT2D eigenvalue weighted by molar-refractivity contribution is 5.96. The highest BCUT2D eigenvalue weighted by Crippen LogP contribution is 2.16. The minimum atomic E-state index is -0.420. The van der Waals surface area contributed by atoms with Crippen molar-refractivity contribution >= 4 is 17.3 Å². The fraction of sp³-hybridized carbons (Fsp3) is 0.300. The zero-order chi connectivity index (χ0) is 10.6. The third kappa shape index (κ3) is 2.39. The summed E-state index contributed by atoms with van der Waals surface area (Å²) in [6.07, 6.45) is 0.786. The lowest BCUT2D eigenvalue weighted by Crippen LogP contribution is -2.09. The first-order valence-corrected chi connectivity index (χ1v) is 4.47. The Kier molecular flexibility index (Phi) is 3.34. The molecule has 0 fully saturated rings. The van der Waals surface area contributed by atoms with Gasteiger partial charge in [-0.15, -0.1) is 0 Å². The summed E-state index contributed by atoms with van der Waals surface area (Å²) in [5.41, 5.74) is 12.4. The minimum Gasteiger partial charge on any atom is -0.462 e. The normalized spacial score (nSPS) is 9.79. The minimum absolute atomic E-state index is 0.332. The summed E-state index contributed by atoms with van der Waals surface area (Å²) in [7, 11) is 0. The number of hydrogen-bond donors (Lipinski definition) is 2. The van der Waals surface area contributed by atoms with Crippen LogP contribution < -0.4 is 11.5 Å². The van der Waals surface area contributed by atoms with Crippen molar-refractivity contribution in [2.45, 2.75) is 13.3 Å². The maximum absolute atomic E-state index is 11.4. The predicted molar refractivity (Wildman–Crippen MR) is 55.8 cm³/mol. The number of carbonyl (C=O) groups excluding carboxylic acids is 1. The molecular formula is C10H14N2O2. The monoisotopic (exact) mass is 194 g/mol. The van der Waals surface area contributed by atoms with E-state index in [-0.39, 0.29) is 0 Å². The number of hydrogen-bond acceptors (Lipinski definition) is 4. The van der Waals surface area contributed by atoms with E-state index >= 15 is 0 Å². The molecule has 4 N–H and O–H groups in total. The number of benzene rings is 1. The van der Waals surface area contributed by atoms with Gasteiger partial charge in [-0.25, -0.2) is 4.79 Å². The van der Waals surface area contributed by atoms with Crippen molar-refractivity contribution in [2.24, 2.45) is 0 Å². The summed E-state index contributed by atoms with van der Waals surface area (Å²) >= 11 is 0. The fourth-order valence-electron chi connectivity index (χ4n) is 1.02. The number of ether oxygens (including phenoxy) is 1. The van der Waals surface area contributed by atoms with Crippen molar-refractivity contribution in [2.75, 3.05) is 18.1 Å². The molecule has 0 aliphatic rings. The van der Waals surface area contributed by atoms with Gasteiger partial charge < -0.3 is 16.2 Å². The van der Waals surface area contributed by atoms with Crippen molar-refractivity contribution in [1.82, 2.24) is 0 Å². The number of anilines is 2. The second-order valence-corrected chi connectivity index (χ2v) is 2.98. The maximum Gasteiger partial charge on any atom is 0.340 e. The number of nitrogen functional groups attached to an aromatic ring is 2. The molecule has 1 aromatic rings. The Morgan fingerprint density at radius 1 is 1.43 bits per heavy atom. The van der Waals surface area contributed by atoms with E-state index in [9.17, 15) is 4.79 Å². The van der Waals surface area contributed by atoms with E-state index in [1.54, 1.807) is 12.1 Å². The van der Waals surface area contributed by atoms with E-state index in [0.717, 1.165) is 6.42 Å². The van der Waals surface area contributed by atoms with Gasteiger partial charge in [0, 0.05) is 11.4 Å². The van der Waals surface area contributed by atoms with Crippen LogP contribution >= 0.6 is 0 Å². The van der Waals surface area contributed by atoms with E-state index in [4.69, 9.17) is 16.2 Å². The molecule has 0 saturated carbocycles. The van der Waals surface area contributed by atoms with Crippen molar-refractivity contribution in [1.29, 1.82) is 0 Å². The Balaban J connectivity index is 2.83. The molecule has 0 aliphatic heterocycles. The van der Waals surface area contributed by atoms with E-state index in [1.807, 2.05) is 6.92 Å². The molecule has 14 heavy (non-hydrogen) atoms. The lowest BCUT2D eigenvalue weighted by atomic mass is 10.1. The Bertz CT molecular complexity index is 337. The van der Waals surface area contributed by atoms with Crippen LogP contribution in [0.25, 0.3) is 0 Å². The van der Waals surface area contributed by atoms with Crippen LogP contribution in [-0.4, -0.2) is 12.6 Å². The number of esters is 1. The zero-order valence-electron chi connectivity index (χ0n) is 8.12. The summed E-state index contributed by atoms with van der Waals surface area (Å²) in [6, 6.07) is 4.76. The molecule has 0 unspecified atom stereocenters. The smallest absolute Gasteiger partial charge is 0.340 e.